The van der Waals surface area contributed by atoms with Crippen molar-refractivity contribution < 1.29 is 12.9 Å². The molecule has 5 nitrogen and oxygen atoms in total. The van der Waals surface area contributed by atoms with E-state index in [1.807, 2.05) is 19.1 Å². The van der Waals surface area contributed by atoms with Crippen molar-refractivity contribution in [2.24, 2.45) is 0 Å². The minimum Gasteiger partial charge on any atom is -0.360 e. The maximum atomic E-state index is 12.5. The lowest BCUT2D eigenvalue weighted by Crippen LogP contribution is -2.34. The molecule has 2 aromatic heterocycles. The van der Waals surface area contributed by atoms with Gasteiger partial charge in [0.25, 0.3) is 0 Å². The summed E-state index contributed by atoms with van der Waals surface area (Å²) in [6.45, 7) is 5.09. The lowest BCUT2D eigenvalue weighted by atomic mass is 10.1. The predicted octanol–water partition coefficient (Wildman–Crippen LogP) is 3.42. The van der Waals surface area contributed by atoms with Crippen molar-refractivity contribution in [1.82, 2.24) is 9.88 Å². The van der Waals surface area contributed by atoms with E-state index in [0.29, 0.717) is 17.9 Å². The quantitative estimate of drug-likeness (QED) is 0.765. The summed E-state index contributed by atoms with van der Waals surface area (Å²) < 4.78 is 33.9. The average molecular weight is 350 g/mol. The maximum absolute atomic E-state index is 12.5. The van der Waals surface area contributed by atoms with Crippen LogP contribution in [0.4, 0.5) is 0 Å². The molecule has 122 valence electrons. The van der Waals surface area contributed by atoms with Crippen molar-refractivity contribution >= 4 is 31.4 Å². The molecule has 23 heavy (non-hydrogen) atoms. The van der Waals surface area contributed by atoms with E-state index in [9.17, 15) is 8.42 Å². The number of sulfonamides is 1. The van der Waals surface area contributed by atoms with Gasteiger partial charge in [-0.2, -0.15) is 0 Å². The number of hydrogen-bond donors (Lipinski definition) is 1. The van der Waals surface area contributed by atoms with E-state index in [0.717, 1.165) is 5.56 Å². The second-order valence-electron chi connectivity index (χ2n) is 5.64. The van der Waals surface area contributed by atoms with Crippen LogP contribution >= 0.6 is 11.3 Å². The molecule has 0 aliphatic carbocycles. The van der Waals surface area contributed by atoms with Gasteiger partial charge in [0.2, 0.25) is 10.0 Å². The normalized spacial score (nSPS) is 13.5. The molecule has 0 aliphatic heterocycles. The standard InChI is InChI=1S/C16H18N2O3S2/c1-10(8-13-9-22-15-7-5-4-6-14(13)15)18-23(19,20)16-11(2)17-21-12(16)3/h4-7,9-10,18H,8H2,1-3H3. The fourth-order valence-corrected chi connectivity index (χ4v) is 5.29. The van der Waals surface area contributed by atoms with Gasteiger partial charge in [-0.1, -0.05) is 23.4 Å². The molecule has 0 radical (unpaired) electrons. The van der Waals surface area contributed by atoms with Crippen LogP contribution in [0.1, 0.15) is 23.9 Å². The molecule has 3 aromatic rings. The summed E-state index contributed by atoms with van der Waals surface area (Å²) in [6.07, 6.45) is 0.632. The third kappa shape index (κ3) is 3.17. The molecular formula is C16H18N2O3S2. The van der Waals surface area contributed by atoms with Crippen LogP contribution in [0.5, 0.6) is 0 Å². The van der Waals surface area contributed by atoms with Gasteiger partial charge in [-0.15, -0.1) is 11.3 Å². The molecule has 0 aliphatic rings. The largest absolute Gasteiger partial charge is 0.360 e. The van der Waals surface area contributed by atoms with Gasteiger partial charge in [-0.05, 0) is 49.6 Å². The van der Waals surface area contributed by atoms with Gasteiger partial charge >= 0.3 is 0 Å². The Morgan fingerprint density at radius 3 is 2.74 bits per heavy atom. The van der Waals surface area contributed by atoms with Crippen LogP contribution in [0.15, 0.2) is 39.1 Å². The van der Waals surface area contributed by atoms with Crippen LogP contribution in [-0.2, 0) is 16.4 Å². The summed E-state index contributed by atoms with van der Waals surface area (Å²) in [6, 6.07) is 7.91. The first-order chi connectivity index (χ1) is 10.9. The predicted molar refractivity (Wildman–Crippen MR) is 91.3 cm³/mol. The molecule has 1 unspecified atom stereocenters. The van der Waals surface area contributed by atoms with E-state index in [1.54, 1.807) is 25.2 Å². The fourth-order valence-electron chi connectivity index (χ4n) is 2.74. The van der Waals surface area contributed by atoms with Crippen LogP contribution in [0.2, 0.25) is 0 Å². The van der Waals surface area contributed by atoms with E-state index in [-0.39, 0.29) is 10.9 Å². The summed E-state index contributed by atoms with van der Waals surface area (Å²) in [4.78, 5) is 0.138. The SMILES string of the molecule is Cc1noc(C)c1S(=O)(=O)NC(C)Cc1csc2ccccc12. The van der Waals surface area contributed by atoms with Crippen LogP contribution in [0.25, 0.3) is 10.1 Å². The molecule has 3 rings (SSSR count). The summed E-state index contributed by atoms with van der Waals surface area (Å²) in [5, 5.41) is 6.98. The topological polar surface area (TPSA) is 72.2 Å². The zero-order chi connectivity index (χ0) is 16.6. The smallest absolute Gasteiger partial charge is 0.246 e. The van der Waals surface area contributed by atoms with Gasteiger partial charge in [0.15, 0.2) is 5.76 Å². The second-order valence-corrected chi connectivity index (χ2v) is 8.20. The average Bonchev–Trinajstić information content (AvgIpc) is 3.03. The Morgan fingerprint density at radius 2 is 2.04 bits per heavy atom. The van der Waals surface area contributed by atoms with Crippen LogP contribution < -0.4 is 4.72 Å². The first-order valence-electron chi connectivity index (χ1n) is 7.29. The maximum Gasteiger partial charge on any atom is 0.246 e. The molecule has 0 fully saturated rings. The zero-order valence-electron chi connectivity index (χ0n) is 13.2. The van der Waals surface area contributed by atoms with Gasteiger partial charge in [0.1, 0.15) is 10.6 Å². The highest BCUT2D eigenvalue weighted by Gasteiger charge is 2.26. The second kappa shape index (κ2) is 6.07. The number of fused-ring (bicyclic) bond motifs is 1. The third-order valence-electron chi connectivity index (χ3n) is 3.68. The molecular weight excluding hydrogens is 332 g/mol. The summed E-state index contributed by atoms with van der Waals surface area (Å²) in [7, 11) is -3.64. The highest BCUT2D eigenvalue weighted by atomic mass is 32.2. The molecule has 7 heteroatoms. The number of rotatable bonds is 5. The lowest BCUT2D eigenvalue weighted by molar-refractivity contribution is 0.390. The number of hydrogen-bond acceptors (Lipinski definition) is 5. The first-order valence-corrected chi connectivity index (χ1v) is 9.65. The number of nitrogens with zero attached hydrogens (tertiary/aromatic N) is 1. The monoisotopic (exact) mass is 350 g/mol. The highest BCUT2D eigenvalue weighted by Crippen LogP contribution is 2.27. The van der Waals surface area contributed by atoms with Gasteiger partial charge in [-0.3, -0.25) is 0 Å². The number of nitrogens with one attached hydrogen (secondary N) is 1. The molecule has 0 amide bonds. The van der Waals surface area contributed by atoms with E-state index in [2.05, 4.69) is 27.4 Å². The van der Waals surface area contributed by atoms with Crippen molar-refractivity contribution in [1.29, 1.82) is 0 Å². The van der Waals surface area contributed by atoms with E-state index < -0.39 is 10.0 Å². The van der Waals surface area contributed by atoms with Crippen molar-refractivity contribution in [3.63, 3.8) is 0 Å². The summed E-state index contributed by atoms with van der Waals surface area (Å²) >= 11 is 1.67. The number of aromatic nitrogens is 1. The summed E-state index contributed by atoms with van der Waals surface area (Å²) in [5.41, 5.74) is 1.53. The Hall–Kier alpha value is -1.70. The Balaban J connectivity index is 1.81. The molecule has 0 spiro atoms. The fraction of sp³-hybridized carbons (Fsp3) is 0.312. The van der Waals surface area contributed by atoms with Crippen LogP contribution in [0, 0.1) is 13.8 Å². The minimum atomic E-state index is -3.64. The Morgan fingerprint density at radius 1 is 1.30 bits per heavy atom. The van der Waals surface area contributed by atoms with E-state index in [4.69, 9.17) is 4.52 Å². The van der Waals surface area contributed by atoms with E-state index in [1.165, 1.54) is 10.1 Å². The Kier molecular flexibility index (Phi) is 4.27. The minimum absolute atomic E-state index is 0.138. The highest BCUT2D eigenvalue weighted by molar-refractivity contribution is 7.89. The van der Waals surface area contributed by atoms with Crippen LogP contribution in [-0.4, -0.2) is 19.6 Å². The van der Waals surface area contributed by atoms with Crippen molar-refractivity contribution in [3.8, 4) is 0 Å². The molecule has 0 bridgehead atoms. The zero-order valence-corrected chi connectivity index (χ0v) is 14.8. The van der Waals surface area contributed by atoms with Crippen molar-refractivity contribution in [2.75, 3.05) is 0 Å². The molecule has 0 saturated carbocycles. The Bertz CT molecular complexity index is 922. The molecule has 2 heterocycles. The first kappa shape index (κ1) is 16.2. The molecule has 1 N–H and O–H groups in total. The van der Waals surface area contributed by atoms with Gasteiger partial charge in [0, 0.05) is 10.7 Å². The third-order valence-corrected chi connectivity index (χ3v) is 6.53. The van der Waals surface area contributed by atoms with Gasteiger partial charge < -0.3 is 4.52 Å². The Labute approximate surface area is 139 Å². The van der Waals surface area contributed by atoms with Gasteiger partial charge in [0.05, 0.1) is 0 Å². The number of benzene rings is 1. The molecule has 1 atom stereocenters. The molecule has 1 aromatic carbocycles. The number of aryl methyl sites for hydroxylation is 2. The lowest BCUT2D eigenvalue weighted by Gasteiger charge is -2.13. The number of thiophene rings is 1. The van der Waals surface area contributed by atoms with Crippen molar-refractivity contribution in [2.45, 2.75) is 38.1 Å². The van der Waals surface area contributed by atoms with E-state index >= 15 is 0 Å². The molecule has 0 saturated heterocycles. The summed E-state index contributed by atoms with van der Waals surface area (Å²) in [5.74, 6) is 0.309. The van der Waals surface area contributed by atoms with Crippen molar-refractivity contribution in [3.05, 3.63) is 46.7 Å². The van der Waals surface area contributed by atoms with Crippen LogP contribution in [0.3, 0.4) is 0 Å². The van der Waals surface area contributed by atoms with Gasteiger partial charge in [-0.25, -0.2) is 13.1 Å².